The Morgan fingerprint density at radius 2 is 0.519 bits per heavy atom. The monoisotopic (exact) mass is 1500 g/mol. The van der Waals surface area contributed by atoms with Gasteiger partial charge in [-0.3, -0.25) is 37.3 Å². The van der Waals surface area contributed by atoms with Crippen LogP contribution >= 0.6 is 15.6 Å². The Morgan fingerprint density at radius 1 is 0.279 bits per heavy atom. The van der Waals surface area contributed by atoms with Crippen molar-refractivity contribution in [3.63, 3.8) is 0 Å². The van der Waals surface area contributed by atoms with Gasteiger partial charge in [0, 0.05) is 25.7 Å². The first kappa shape index (κ1) is 98.9. The van der Waals surface area contributed by atoms with E-state index in [1.807, 2.05) is 18.2 Å². The van der Waals surface area contributed by atoms with Crippen LogP contribution in [0.3, 0.4) is 0 Å². The largest absolute Gasteiger partial charge is 0.472 e. The number of hydrogen-bond acceptors (Lipinski definition) is 15. The van der Waals surface area contributed by atoms with Crippen molar-refractivity contribution in [1.29, 1.82) is 0 Å². The maximum absolute atomic E-state index is 13.1. The number of rotatable bonds is 74. The zero-order chi connectivity index (χ0) is 76.0. The third-order valence-electron chi connectivity index (χ3n) is 16.3. The number of aliphatic hydroxyl groups is 1. The Bertz CT molecular complexity index is 2540. The third-order valence-corrected chi connectivity index (χ3v) is 18.2. The van der Waals surface area contributed by atoms with E-state index < -0.39 is 97.5 Å². The van der Waals surface area contributed by atoms with E-state index >= 15 is 0 Å². The van der Waals surface area contributed by atoms with Gasteiger partial charge in [-0.05, 0) is 135 Å². The number of allylic oxidation sites excluding steroid dienone is 24. The van der Waals surface area contributed by atoms with E-state index in [-0.39, 0.29) is 25.7 Å². The fourth-order valence-electron chi connectivity index (χ4n) is 10.3. The molecule has 0 rings (SSSR count). The summed E-state index contributed by atoms with van der Waals surface area (Å²) >= 11 is 0. The number of ether oxygens (including phenoxy) is 4. The summed E-state index contributed by atoms with van der Waals surface area (Å²) in [7, 11) is -9.99. The summed E-state index contributed by atoms with van der Waals surface area (Å²) in [5.41, 5.74) is 0. The highest BCUT2D eigenvalue weighted by Gasteiger charge is 2.30. The molecule has 0 aromatic carbocycles. The minimum atomic E-state index is -5.01. The van der Waals surface area contributed by atoms with Crippen molar-refractivity contribution < 1.29 is 80.2 Å². The molecule has 0 heterocycles. The number of aliphatic hydroxyl groups excluding tert-OH is 1. The van der Waals surface area contributed by atoms with Crippen LogP contribution in [0.1, 0.15) is 310 Å². The lowest BCUT2D eigenvalue weighted by Crippen LogP contribution is -2.30. The third kappa shape index (κ3) is 75.2. The van der Waals surface area contributed by atoms with Crippen LogP contribution in [-0.4, -0.2) is 96.7 Å². The minimum Gasteiger partial charge on any atom is -0.462 e. The maximum Gasteiger partial charge on any atom is 0.472 e. The average molecular weight is 1500 g/mol. The van der Waals surface area contributed by atoms with E-state index in [1.165, 1.54) is 77.0 Å². The highest BCUT2D eigenvalue weighted by molar-refractivity contribution is 7.47. The molecule has 0 saturated heterocycles. The van der Waals surface area contributed by atoms with E-state index in [4.69, 9.17) is 37.0 Å². The van der Waals surface area contributed by atoms with E-state index in [9.17, 15) is 43.2 Å². The number of carbonyl (C=O) groups is 4. The Kier molecular flexibility index (Phi) is 72.4. The first-order valence-electron chi connectivity index (χ1n) is 40.1. The summed E-state index contributed by atoms with van der Waals surface area (Å²) in [4.78, 5) is 73.0. The van der Waals surface area contributed by atoms with Crippen LogP contribution in [0.25, 0.3) is 0 Å². The highest BCUT2D eigenvalue weighted by atomic mass is 31.2. The van der Waals surface area contributed by atoms with E-state index in [0.717, 1.165) is 148 Å². The molecule has 0 saturated carbocycles. The molecule has 104 heavy (non-hydrogen) atoms. The second kappa shape index (κ2) is 76.1. The molecule has 0 aromatic heterocycles. The van der Waals surface area contributed by atoms with Gasteiger partial charge in [0.15, 0.2) is 12.2 Å². The van der Waals surface area contributed by atoms with Crippen LogP contribution in [-0.2, 0) is 65.4 Å². The lowest BCUT2D eigenvalue weighted by molar-refractivity contribution is -0.161. The summed E-state index contributed by atoms with van der Waals surface area (Å²) < 4.78 is 68.5. The van der Waals surface area contributed by atoms with Crippen molar-refractivity contribution >= 4 is 39.5 Å². The van der Waals surface area contributed by atoms with Gasteiger partial charge in [0.2, 0.25) is 0 Å². The molecule has 3 N–H and O–H groups in total. The van der Waals surface area contributed by atoms with Gasteiger partial charge in [0.05, 0.1) is 26.4 Å². The molecule has 0 aliphatic carbocycles. The Hall–Kier alpha value is -5.06. The van der Waals surface area contributed by atoms with Gasteiger partial charge >= 0.3 is 39.5 Å². The molecule has 594 valence electrons. The molecule has 17 nitrogen and oxygen atoms in total. The van der Waals surface area contributed by atoms with Crippen LogP contribution < -0.4 is 0 Å². The smallest absolute Gasteiger partial charge is 0.462 e. The number of carbonyl (C=O) groups excluding carboxylic acids is 4. The molecule has 0 aliphatic heterocycles. The molecule has 5 unspecified atom stereocenters. The normalized spacial score (nSPS) is 14.6. The van der Waals surface area contributed by atoms with Crippen molar-refractivity contribution in [3.8, 4) is 0 Å². The second-order valence-electron chi connectivity index (χ2n) is 26.2. The molecule has 0 aromatic rings. The lowest BCUT2D eigenvalue weighted by Gasteiger charge is -2.21. The van der Waals surface area contributed by atoms with Gasteiger partial charge in [-0.2, -0.15) is 0 Å². The number of phosphoric ester groups is 2. The van der Waals surface area contributed by atoms with Crippen LogP contribution in [0.2, 0.25) is 0 Å². The van der Waals surface area contributed by atoms with Crippen molar-refractivity contribution in [3.05, 3.63) is 146 Å². The quantitative estimate of drug-likeness (QED) is 0.0169. The van der Waals surface area contributed by atoms with Gasteiger partial charge in [-0.1, -0.05) is 296 Å². The summed E-state index contributed by atoms with van der Waals surface area (Å²) in [6.07, 6.45) is 87.0. The van der Waals surface area contributed by atoms with Gasteiger partial charge in [-0.15, -0.1) is 0 Å². The summed E-state index contributed by atoms with van der Waals surface area (Å²) in [6, 6.07) is 0. The zero-order valence-electron chi connectivity index (χ0n) is 64.9. The minimum absolute atomic E-state index is 0.0241. The molecule has 0 aliphatic rings. The second-order valence-corrected chi connectivity index (χ2v) is 29.2. The van der Waals surface area contributed by atoms with Crippen molar-refractivity contribution in [2.75, 3.05) is 39.6 Å². The predicted molar refractivity (Wildman–Crippen MR) is 427 cm³/mol. The highest BCUT2D eigenvalue weighted by Crippen LogP contribution is 2.45. The molecule has 19 heteroatoms. The average Bonchev–Trinajstić information content (AvgIpc) is 0.906. The van der Waals surface area contributed by atoms with Crippen LogP contribution in [0.5, 0.6) is 0 Å². The number of phosphoric acid groups is 2. The van der Waals surface area contributed by atoms with Gasteiger partial charge < -0.3 is 33.8 Å². The topological polar surface area (TPSA) is 237 Å². The summed E-state index contributed by atoms with van der Waals surface area (Å²) in [6.45, 7) is 4.51. The Morgan fingerprint density at radius 3 is 0.856 bits per heavy atom. The lowest BCUT2D eigenvalue weighted by atomic mass is 10.0. The number of esters is 4. The van der Waals surface area contributed by atoms with Crippen LogP contribution in [0, 0.1) is 0 Å². The Labute approximate surface area is 630 Å². The van der Waals surface area contributed by atoms with Gasteiger partial charge in [0.1, 0.15) is 19.3 Å². The first-order chi connectivity index (χ1) is 50.7. The molecule has 0 fully saturated rings. The maximum atomic E-state index is 13.1. The Balaban J connectivity index is 5.47. The summed E-state index contributed by atoms with van der Waals surface area (Å²) in [5, 5.41) is 10.6. The predicted octanol–water partition coefficient (Wildman–Crippen LogP) is 23.4. The standard InChI is InChI=1S/C85H142O17P2/c1-5-9-13-17-21-25-29-33-35-37-39-41-43-47-50-54-58-62-66-70-83(88)96-76-81(102-85(90)72-68-64-60-56-52-48-44-42-40-38-36-34-30-26-22-18-14-10-6-2)78-100-104(93,94)98-74-79(86)73-97-103(91,92)99-77-80(101-84(89)71-67-63-59-55-51-46-32-28-24-20-16-12-8-4)75-95-82(87)69-65-61-57-53-49-45-31-27-23-19-15-11-7-3/h9-10,13-14,21-22,25-27,31,33-36,39-42,47-48,50,52,58,62,79-81,86H,5-8,11-12,15-20,23-24,28-30,32,37-38,43-46,49,51,53-57,59-61,63-78H2,1-4H3,(H,91,92)(H,93,94)/b13-9-,14-10-,25-21-,26-22-,31-27-,35-33-,36-34-,41-39-,42-40-,50-47-,52-48-,62-58-. The SMILES string of the molecule is CC/C=C\C/C=C\C/C=C\C/C=C\C/C=C\C/C=C\CCC(=O)OCC(COP(=O)(O)OCC(O)COP(=O)(O)OCC(COC(=O)CCCCCCC/C=C\CCCCCC)OC(=O)CCCCCCCCCCCCCCC)OC(=O)CCCCC/C=C\C/C=C\C/C=C\C/C=C\C/C=C\CC. The fourth-order valence-corrected chi connectivity index (χ4v) is 11.8. The number of unbranched alkanes of at least 4 members (excludes halogenated alkanes) is 24. The summed E-state index contributed by atoms with van der Waals surface area (Å²) in [5.74, 6) is -2.32. The molecule has 5 atom stereocenters. The van der Waals surface area contributed by atoms with Crippen molar-refractivity contribution in [1.82, 2.24) is 0 Å². The zero-order valence-corrected chi connectivity index (χ0v) is 66.7. The van der Waals surface area contributed by atoms with Crippen LogP contribution in [0.15, 0.2) is 146 Å². The van der Waals surface area contributed by atoms with Gasteiger partial charge in [-0.25, -0.2) is 9.13 Å². The molecule has 0 radical (unpaired) electrons. The molecular weight excluding hydrogens is 1350 g/mol. The van der Waals surface area contributed by atoms with E-state index in [0.29, 0.717) is 32.1 Å². The van der Waals surface area contributed by atoms with Crippen molar-refractivity contribution in [2.24, 2.45) is 0 Å². The number of hydrogen-bond donors (Lipinski definition) is 3. The van der Waals surface area contributed by atoms with Crippen molar-refractivity contribution in [2.45, 2.75) is 329 Å². The molecular formula is C85H142O17P2. The fraction of sp³-hybridized carbons (Fsp3) is 0.671. The van der Waals surface area contributed by atoms with E-state index in [1.54, 1.807) is 0 Å². The van der Waals surface area contributed by atoms with Gasteiger partial charge in [0.25, 0.3) is 0 Å². The molecule has 0 bridgehead atoms. The van der Waals surface area contributed by atoms with Crippen LogP contribution in [0.4, 0.5) is 0 Å². The molecule has 0 spiro atoms. The molecule has 0 amide bonds. The first-order valence-corrected chi connectivity index (χ1v) is 43.1. The van der Waals surface area contributed by atoms with E-state index in [2.05, 4.69) is 155 Å².